The maximum absolute atomic E-state index is 11.2. The van der Waals surface area contributed by atoms with Gasteiger partial charge in [0.1, 0.15) is 0 Å². The van der Waals surface area contributed by atoms with Gasteiger partial charge in [-0.3, -0.25) is 0 Å². The van der Waals surface area contributed by atoms with Gasteiger partial charge in [0.2, 0.25) is 0 Å². The van der Waals surface area contributed by atoms with Crippen molar-refractivity contribution in [1.82, 2.24) is 9.97 Å². The van der Waals surface area contributed by atoms with Crippen LogP contribution in [0.2, 0.25) is 0 Å². The highest BCUT2D eigenvalue weighted by atomic mass is 16.3. The van der Waals surface area contributed by atoms with Crippen LogP contribution in [-0.2, 0) is 12.8 Å². The molecule has 7 atom stereocenters. The lowest BCUT2D eigenvalue weighted by molar-refractivity contribution is -0.139. The van der Waals surface area contributed by atoms with Gasteiger partial charge in [0.05, 0.1) is 5.60 Å². The zero-order valence-corrected chi connectivity index (χ0v) is 19.3. The topological polar surface area (TPSA) is 46.0 Å². The summed E-state index contributed by atoms with van der Waals surface area (Å²) in [5, 5.41) is 11.2. The molecular weight excluding hydrogens is 380 g/mol. The number of aromatic nitrogens is 2. The zero-order valence-electron chi connectivity index (χ0n) is 19.3. The average molecular weight is 417 g/mol. The van der Waals surface area contributed by atoms with Gasteiger partial charge in [-0.2, -0.15) is 0 Å². The fourth-order valence-corrected chi connectivity index (χ4v) is 8.53. The number of rotatable bonds is 1. The molecule has 1 heterocycles. The highest BCUT2D eigenvalue weighted by molar-refractivity contribution is 5.55. The molecule has 3 nitrogen and oxygen atoms in total. The molecule has 2 aromatic rings. The number of nitrogens with zero attached hydrogens (tertiary/aromatic N) is 2. The fourth-order valence-electron chi connectivity index (χ4n) is 8.53. The minimum atomic E-state index is -0.485. The van der Waals surface area contributed by atoms with Crippen molar-refractivity contribution in [3.8, 4) is 11.4 Å². The molecule has 4 aliphatic rings. The largest absolute Gasteiger partial charge is 0.390 e. The Kier molecular flexibility index (Phi) is 4.26. The van der Waals surface area contributed by atoms with Gasteiger partial charge in [-0.25, -0.2) is 9.97 Å². The van der Waals surface area contributed by atoms with Gasteiger partial charge < -0.3 is 5.11 Å². The third-order valence-electron chi connectivity index (χ3n) is 10.6. The Morgan fingerprint density at radius 3 is 2.52 bits per heavy atom. The molecule has 6 rings (SSSR count). The van der Waals surface area contributed by atoms with Crippen molar-refractivity contribution in [2.24, 2.45) is 34.5 Å². The number of hydrogen-bond acceptors (Lipinski definition) is 3. The summed E-state index contributed by atoms with van der Waals surface area (Å²) in [5.41, 5.74) is 3.76. The first-order valence-electron chi connectivity index (χ1n) is 12.4. The van der Waals surface area contributed by atoms with Crippen molar-refractivity contribution in [3.05, 3.63) is 47.8 Å². The highest BCUT2D eigenvalue weighted by Gasteiger charge is 2.63. The van der Waals surface area contributed by atoms with Crippen LogP contribution in [0.1, 0.15) is 70.6 Å². The second kappa shape index (κ2) is 6.63. The molecule has 164 valence electrons. The molecule has 0 spiro atoms. The average Bonchev–Trinajstić information content (AvgIpc) is 3.01. The van der Waals surface area contributed by atoms with Crippen LogP contribution in [0.4, 0.5) is 0 Å². The third-order valence-corrected chi connectivity index (χ3v) is 10.6. The summed E-state index contributed by atoms with van der Waals surface area (Å²) in [6, 6.07) is 10.4. The normalized spacial score (nSPS) is 43.5. The molecule has 3 heteroatoms. The lowest BCUT2D eigenvalue weighted by atomic mass is 9.44. The van der Waals surface area contributed by atoms with Crippen LogP contribution in [0.3, 0.4) is 0 Å². The van der Waals surface area contributed by atoms with Crippen molar-refractivity contribution < 1.29 is 5.11 Å². The monoisotopic (exact) mass is 416 g/mol. The smallest absolute Gasteiger partial charge is 0.159 e. The number of hydrogen-bond donors (Lipinski definition) is 1. The number of fused-ring (bicyclic) bond motifs is 6. The van der Waals surface area contributed by atoms with E-state index in [0.717, 1.165) is 48.4 Å². The summed E-state index contributed by atoms with van der Waals surface area (Å²) >= 11 is 0. The Labute approximate surface area is 186 Å². The summed E-state index contributed by atoms with van der Waals surface area (Å²) in [4.78, 5) is 9.82. The maximum Gasteiger partial charge on any atom is 0.159 e. The molecule has 1 N–H and O–H groups in total. The van der Waals surface area contributed by atoms with E-state index >= 15 is 0 Å². The summed E-state index contributed by atoms with van der Waals surface area (Å²) < 4.78 is 0. The second-order valence-corrected chi connectivity index (χ2v) is 11.8. The molecule has 3 fully saturated rings. The van der Waals surface area contributed by atoms with E-state index in [1.165, 1.54) is 43.4 Å². The first-order chi connectivity index (χ1) is 14.8. The van der Waals surface area contributed by atoms with Crippen LogP contribution in [0.5, 0.6) is 0 Å². The van der Waals surface area contributed by atoms with E-state index in [1.807, 2.05) is 6.07 Å². The molecule has 31 heavy (non-hydrogen) atoms. The molecule has 0 aliphatic heterocycles. The minimum Gasteiger partial charge on any atom is -0.390 e. The molecule has 0 radical (unpaired) electrons. The van der Waals surface area contributed by atoms with Gasteiger partial charge in [-0.15, -0.1) is 0 Å². The van der Waals surface area contributed by atoms with E-state index < -0.39 is 5.60 Å². The van der Waals surface area contributed by atoms with E-state index in [0.29, 0.717) is 11.3 Å². The standard InChI is InChI=1S/C28H36N2O/c1-26-16-19-17-29-25(18-7-5-4-6-8-18)30-24(19)15-20(26)9-10-21-22(26)11-13-27(2)23(21)12-14-28(27,3)31/h4-8,17,20-23,31H,9-16H2,1-3H3/t20-,21-,22-,23+,26+,27+,28+/m0/s1. The SMILES string of the molecule is C[C@@]12Cc3cnc(-c4ccccc4)nc3C[C@@H]1CC[C@@H]1[C@H]3CC[C@@](C)(O)[C@]3(C)CC[C@@H]12. The lowest BCUT2D eigenvalue weighted by Crippen LogP contribution is -2.56. The summed E-state index contributed by atoms with van der Waals surface area (Å²) in [7, 11) is 0. The Morgan fingerprint density at radius 2 is 1.71 bits per heavy atom. The van der Waals surface area contributed by atoms with Gasteiger partial charge in [-0.1, -0.05) is 44.2 Å². The predicted octanol–water partition coefficient (Wildman–Crippen LogP) is 5.85. The van der Waals surface area contributed by atoms with Gasteiger partial charge in [-0.05, 0) is 98.4 Å². The highest BCUT2D eigenvalue weighted by Crippen LogP contribution is 2.67. The van der Waals surface area contributed by atoms with Gasteiger partial charge in [0, 0.05) is 17.5 Å². The Balaban J connectivity index is 1.32. The van der Waals surface area contributed by atoms with E-state index in [1.54, 1.807) is 0 Å². The lowest BCUT2D eigenvalue weighted by Gasteiger charge is -2.61. The summed E-state index contributed by atoms with van der Waals surface area (Å²) in [5.74, 6) is 3.85. The number of benzene rings is 1. The first-order valence-corrected chi connectivity index (χ1v) is 12.4. The Morgan fingerprint density at radius 1 is 0.935 bits per heavy atom. The van der Waals surface area contributed by atoms with Crippen molar-refractivity contribution in [2.45, 2.75) is 77.7 Å². The molecule has 1 aromatic carbocycles. The van der Waals surface area contributed by atoms with Crippen LogP contribution in [-0.4, -0.2) is 20.7 Å². The molecule has 3 saturated carbocycles. The van der Waals surface area contributed by atoms with Gasteiger partial charge in [0.25, 0.3) is 0 Å². The third kappa shape index (κ3) is 2.74. The van der Waals surface area contributed by atoms with Crippen molar-refractivity contribution in [2.75, 3.05) is 0 Å². The molecule has 0 bridgehead atoms. The van der Waals surface area contributed by atoms with Gasteiger partial charge in [0.15, 0.2) is 5.82 Å². The van der Waals surface area contributed by atoms with Crippen LogP contribution in [0.15, 0.2) is 36.5 Å². The van der Waals surface area contributed by atoms with Crippen LogP contribution < -0.4 is 0 Å². The van der Waals surface area contributed by atoms with Gasteiger partial charge >= 0.3 is 0 Å². The first kappa shape index (κ1) is 19.9. The molecule has 0 amide bonds. The Hall–Kier alpha value is -1.74. The van der Waals surface area contributed by atoms with Crippen LogP contribution in [0.25, 0.3) is 11.4 Å². The molecule has 1 aromatic heterocycles. The van der Waals surface area contributed by atoms with E-state index in [4.69, 9.17) is 9.97 Å². The predicted molar refractivity (Wildman–Crippen MR) is 123 cm³/mol. The molecule has 0 saturated heterocycles. The van der Waals surface area contributed by atoms with E-state index in [-0.39, 0.29) is 5.41 Å². The van der Waals surface area contributed by atoms with Crippen LogP contribution in [0, 0.1) is 34.5 Å². The summed E-state index contributed by atoms with van der Waals surface area (Å²) in [6.45, 7) is 7.09. The molecule has 4 aliphatic carbocycles. The molecule has 0 unspecified atom stereocenters. The van der Waals surface area contributed by atoms with Crippen molar-refractivity contribution >= 4 is 0 Å². The second-order valence-electron chi connectivity index (χ2n) is 11.8. The minimum absolute atomic E-state index is 0.109. The fraction of sp³-hybridized carbons (Fsp3) is 0.643. The quantitative estimate of drug-likeness (QED) is 0.634. The molecular formula is C28H36N2O. The number of aliphatic hydroxyl groups is 1. The van der Waals surface area contributed by atoms with Crippen LogP contribution >= 0.6 is 0 Å². The zero-order chi connectivity index (χ0) is 21.4. The maximum atomic E-state index is 11.2. The van der Waals surface area contributed by atoms with E-state index in [2.05, 4.69) is 51.2 Å². The van der Waals surface area contributed by atoms with Crippen molar-refractivity contribution in [3.63, 3.8) is 0 Å². The Bertz CT molecular complexity index is 1000. The van der Waals surface area contributed by atoms with E-state index in [9.17, 15) is 5.11 Å². The summed E-state index contributed by atoms with van der Waals surface area (Å²) in [6.07, 6.45) is 11.7. The van der Waals surface area contributed by atoms with Crippen molar-refractivity contribution in [1.29, 1.82) is 0 Å².